The van der Waals surface area contributed by atoms with Crippen molar-refractivity contribution in [3.05, 3.63) is 34.9 Å². The van der Waals surface area contributed by atoms with E-state index >= 15 is 0 Å². The molecule has 0 saturated heterocycles. The van der Waals surface area contributed by atoms with Crippen LogP contribution in [0.4, 0.5) is 0 Å². The molecule has 2 rings (SSSR count). The summed E-state index contributed by atoms with van der Waals surface area (Å²) in [4.78, 5) is 0. The maximum Gasteiger partial charge on any atom is 0.0409 e. The monoisotopic (exact) mass is 238 g/mol. The van der Waals surface area contributed by atoms with Crippen molar-refractivity contribution in [1.82, 2.24) is 10.6 Å². The first-order chi connectivity index (χ1) is 7.84. The van der Waals surface area contributed by atoms with Gasteiger partial charge in [0.25, 0.3) is 0 Å². The van der Waals surface area contributed by atoms with Gasteiger partial charge in [0.05, 0.1) is 0 Å². The molecule has 1 saturated carbocycles. The first kappa shape index (κ1) is 11.9. The summed E-state index contributed by atoms with van der Waals surface area (Å²) in [5.74, 6) is 0. The van der Waals surface area contributed by atoms with E-state index in [0.29, 0.717) is 0 Å². The molecular formula is C13H19ClN2. The van der Waals surface area contributed by atoms with Crippen LogP contribution in [0.2, 0.25) is 5.02 Å². The van der Waals surface area contributed by atoms with Gasteiger partial charge in [0.1, 0.15) is 0 Å². The van der Waals surface area contributed by atoms with Crippen LogP contribution in [0, 0.1) is 0 Å². The van der Waals surface area contributed by atoms with Gasteiger partial charge in [0.2, 0.25) is 0 Å². The van der Waals surface area contributed by atoms with E-state index in [-0.39, 0.29) is 0 Å². The molecule has 3 heteroatoms. The number of hydrogen-bond donors (Lipinski definition) is 2. The molecule has 2 nitrogen and oxygen atoms in total. The maximum absolute atomic E-state index is 5.91. The van der Waals surface area contributed by atoms with Crippen molar-refractivity contribution in [2.75, 3.05) is 13.1 Å². The molecule has 1 aliphatic rings. The van der Waals surface area contributed by atoms with Crippen LogP contribution in [-0.4, -0.2) is 19.1 Å². The highest BCUT2D eigenvalue weighted by Crippen LogP contribution is 2.18. The molecule has 0 amide bonds. The van der Waals surface area contributed by atoms with Gasteiger partial charge in [-0.1, -0.05) is 23.7 Å². The van der Waals surface area contributed by atoms with Gasteiger partial charge in [-0.3, -0.25) is 0 Å². The normalized spacial score (nSPS) is 15.3. The van der Waals surface area contributed by atoms with Crippen LogP contribution in [0.3, 0.4) is 0 Å². The van der Waals surface area contributed by atoms with Gasteiger partial charge in [0.15, 0.2) is 0 Å². The van der Waals surface area contributed by atoms with Crippen LogP contribution in [0.1, 0.15) is 24.8 Å². The van der Waals surface area contributed by atoms with E-state index in [1.54, 1.807) is 0 Å². The summed E-state index contributed by atoms with van der Waals surface area (Å²) >= 11 is 5.91. The number of hydrogen-bond acceptors (Lipinski definition) is 2. The molecule has 2 N–H and O–H groups in total. The fourth-order valence-corrected chi connectivity index (χ4v) is 1.90. The summed E-state index contributed by atoms with van der Waals surface area (Å²) in [6.45, 7) is 3.10. The zero-order valence-corrected chi connectivity index (χ0v) is 10.3. The third kappa shape index (κ3) is 4.52. The molecule has 1 aliphatic carbocycles. The van der Waals surface area contributed by atoms with Crippen molar-refractivity contribution >= 4 is 11.6 Å². The van der Waals surface area contributed by atoms with E-state index in [1.807, 2.05) is 18.2 Å². The minimum atomic E-state index is 0.815. The average Bonchev–Trinajstić information content (AvgIpc) is 3.07. The Morgan fingerprint density at radius 1 is 1.25 bits per heavy atom. The summed E-state index contributed by atoms with van der Waals surface area (Å²) in [7, 11) is 0. The Bertz CT molecular complexity index is 323. The van der Waals surface area contributed by atoms with Crippen LogP contribution in [-0.2, 0) is 6.54 Å². The summed E-state index contributed by atoms with van der Waals surface area (Å²) in [5.41, 5.74) is 1.25. The van der Waals surface area contributed by atoms with Crippen molar-refractivity contribution in [3.8, 4) is 0 Å². The quantitative estimate of drug-likeness (QED) is 0.714. The van der Waals surface area contributed by atoms with E-state index in [4.69, 9.17) is 11.6 Å². The summed E-state index contributed by atoms with van der Waals surface area (Å²) in [6.07, 6.45) is 3.93. The van der Waals surface area contributed by atoms with Crippen molar-refractivity contribution in [2.24, 2.45) is 0 Å². The van der Waals surface area contributed by atoms with Gasteiger partial charge in [-0.05, 0) is 50.0 Å². The second-order valence-corrected chi connectivity index (χ2v) is 4.83. The van der Waals surface area contributed by atoms with Crippen LogP contribution in [0.5, 0.6) is 0 Å². The van der Waals surface area contributed by atoms with E-state index in [2.05, 4.69) is 16.7 Å². The second-order valence-electron chi connectivity index (χ2n) is 4.39. The number of rotatable bonds is 7. The molecule has 1 aromatic rings. The van der Waals surface area contributed by atoms with Gasteiger partial charge < -0.3 is 10.6 Å². The van der Waals surface area contributed by atoms with Crippen LogP contribution in [0.25, 0.3) is 0 Å². The largest absolute Gasteiger partial charge is 0.314 e. The Hall–Kier alpha value is -0.570. The number of halogens is 1. The molecule has 0 unspecified atom stereocenters. The molecule has 1 aromatic carbocycles. The molecule has 16 heavy (non-hydrogen) atoms. The Kier molecular flexibility index (Phi) is 4.64. The van der Waals surface area contributed by atoms with E-state index in [0.717, 1.165) is 30.7 Å². The molecule has 0 heterocycles. The first-order valence-corrected chi connectivity index (χ1v) is 6.41. The van der Waals surface area contributed by atoms with Gasteiger partial charge in [-0.15, -0.1) is 0 Å². The highest BCUT2D eigenvalue weighted by molar-refractivity contribution is 6.30. The van der Waals surface area contributed by atoms with Crippen LogP contribution >= 0.6 is 11.6 Å². The van der Waals surface area contributed by atoms with Gasteiger partial charge >= 0.3 is 0 Å². The third-order valence-electron chi connectivity index (χ3n) is 2.76. The molecule has 0 spiro atoms. The Morgan fingerprint density at radius 2 is 2.12 bits per heavy atom. The zero-order valence-electron chi connectivity index (χ0n) is 9.51. The molecule has 1 fully saturated rings. The molecule has 0 atom stereocenters. The van der Waals surface area contributed by atoms with Crippen molar-refractivity contribution in [3.63, 3.8) is 0 Å². The number of benzene rings is 1. The Morgan fingerprint density at radius 3 is 2.88 bits per heavy atom. The molecule has 0 bridgehead atoms. The molecule has 88 valence electrons. The van der Waals surface area contributed by atoms with Crippen molar-refractivity contribution < 1.29 is 0 Å². The minimum Gasteiger partial charge on any atom is -0.314 e. The summed E-state index contributed by atoms with van der Waals surface area (Å²) < 4.78 is 0. The topological polar surface area (TPSA) is 24.1 Å². The lowest BCUT2D eigenvalue weighted by Gasteiger charge is -2.06. The zero-order chi connectivity index (χ0) is 11.2. The summed E-state index contributed by atoms with van der Waals surface area (Å²) in [6, 6.07) is 8.84. The van der Waals surface area contributed by atoms with E-state index in [1.165, 1.54) is 24.8 Å². The first-order valence-electron chi connectivity index (χ1n) is 6.03. The smallest absolute Gasteiger partial charge is 0.0409 e. The highest BCUT2D eigenvalue weighted by atomic mass is 35.5. The highest BCUT2D eigenvalue weighted by Gasteiger charge is 2.19. The molecule has 0 aromatic heterocycles. The predicted octanol–water partition coefficient (Wildman–Crippen LogP) is 2.57. The molecular weight excluding hydrogens is 220 g/mol. The van der Waals surface area contributed by atoms with Crippen molar-refractivity contribution in [2.45, 2.75) is 31.8 Å². The molecule has 0 radical (unpaired) electrons. The Balaban J connectivity index is 1.53. The van der Waals surface area contributed by atoms with E-state index in [9.17, 15) is 0 Å². The maximum atomic E-state index is 5.91. The van der Waals surface area contributed by atoms with E-state index < -0.39 is 0 Å². The molecule has 0 aliphatic heterocycles. The fraction of sp³-hybridized carbons (Fsp3) is 0.538. The van der Waals surface area contributed by atoms with Gasteiger partial charge in [-0.25, -0.2) is 0 Å². The summed E-state index contributed by atoms with van der Waals surface area (Å²) in [5, 5.41) is 7.74. The predicted molar refractivity (Wildman–Crippen MR) is 68.8 cm³/mol. The SMILES string of the molecule is Clc1cccc(CNCCCNC2CC2)c1. The fourth-order valence-electron chi connectivity index (χ4n) is 1.69. The van der Waals surface area contributed by atoms with Crippen LogP contribution in [0.15, 0.2) is 24.3 Å². The van der Waals surface area contributed by atoms with Crippen LogP contribution < -0.4 is 10.6 Å². The third-order valence-corrected chi connectivity index (χ3v) is 2.99. The lowest BCUT2D eigenvalue weighted by Crippen LogP contribution is -2.23. The number of nitrogens with one attached hydrogen (secondary N) is 2. The second kappa shape index (κ2) is 6.24. The minimum absolute atomic E-state index is 0.815. The lowest BCUT2D eigenvalue weighted by atomic mass is 10.2. The van der Waals surface area contributed by atoms with Gasteiger partial charge in [0, 0.05) is 17.6 Å². The van der Waals surface area contributed by atoms with Gasteiger partial charge in [-0.2, -0.15) is 0 Å². The standard InChI is InChI=1S/C13H19ClN2/c14-12-4-1-3-11(9-12)10-15-7-2-8-16-13-5-6-13/h1,3-4,9,13,15-16H,2,5-8,10H2. The lowest BCUT2D eigenvalue weighted by molar-refractivity contribution is 0.593. The average molecular weight is 239 g/mol. The van der Waals surface area contributed by atoms with Crippen molar-refractivity contribution in [1.29, 1.82) is 0 Å². The Labute approximate surface area is 102 Å².